The molecule has 3 heterocycles. The Bertz CT molecular complexity index is 1380. The van der Waals surface area contributed by atoms with Gasteiger partial charge in [0, 0.05) is 17.1 Å². The summed E-state index contributed by atoms with van der Waals surface area (Å²) in [6, 6.07) is 14.1. The zero-order valence-corrected chi connectivity index (χ0v) is 19.6. The van der Waals surface area contributed by atoms with Crippen LogP contribution in [0.3, 0.4) is 0 Å². The van der Waals surface area contributed by atoms with Gasteiger partial charge in [-0.3, -0.25) is 4.57 Å². The van der Waals surface area contributed by atoms with Crippen molar-refractivity contribution in [1.29, 1.82) is 0 Å². The van der Waals surface area contributed by atoms with Gasteiger partial charge in [0.05, 0.1) is 12.4 Å². The molecule has 0 spiro atoms. The lowest BCUT2D eigenvalue weighted by atomic mass is 10.1. The fourth-order valence-electron chi connectivity index (χ4n) is 4.05. The van der Waals surface area contributed by atoms with Gasteiger partial charge in [-0.1, -0.05) is 41.9 Å². The van der Waals surface area contributed by atoms with E-state index in [4.69, 9.17) is 26.8 Å². The monoisotopic (exact) mass is 510 g/mol. The van der Waals surface area contributed by atoms with Crippen LogP contribution in [-0.2, 0) is 22.7 Å². The number of hydrogen-bond acceptors (Lipinski definition) is 9. The molecule has 4 unspecified atom stereocenters. The largest absolute Gasteiger partial charge is 0.489 e. The van der Waals surface area contributed by atoms with Crippen LogP contribution in [0.25, 0.3) is 11.2 Å². The maximum atomic E-state index is 11.4. The Labute approximate surface area is 210 Å². The van der Waals surface area contributed by atoms with Crippen molar-refractivity contribution in [2.45, 2.75) is 37.6 Å². The zero-order chi connectivity index (χ0) is 25.2. The number of aliphatic hydroxyl groups is 1. The van der Waals surface area contributed by atoms with E-state index in [1.54, 1.807) is 6.07 Å². The topological polar surface area (TPSA) is 158 Å². The molecule has 0 bridgehead atoms. The molecule has 0 amide bonds. The molecule has 2 aromatic carbocycles. The molecule has 0 aliphatic carbocycles. The summed E-state index contributed by atoms with van der Waals surface area (Å²) in [6.45, 7) is 0.735. The van der Waals surface area contributed by atoms with Gasteiger partial charge in [0.25, 0.3) is 0 Å². The van der Waals surface area contributed by atoms with E-state index in [1.807, 2.05) is 42.5 Å². The number of imidazole rings is 1. The maximum Gasteiger partial charge on any atom is 0.334 e. The highest BCUT2D eigenvalue weighted by Crippen LogP contribution is 2.32. The number of fused-ring (bicyclic) bond motifs is 1. The second kappa shape index (κ2) is 10.1. The smallest absolute Gasteiger partial charge is 0.334 e. The highest BCUT2D eigenvalue weighted by Gasteiger charge is 2.46. The lowest BCUT2D eigenvalue weighted by molar-refractivity contribution is -0.152. The zero-order valence-electron chi connectivity index (χ0n) is 18.9. The number of carbonyl (C=O) groups is 1. The van der Waals surface area contributed by atoms with Crippen LogP contribution in [0, 0.1) is 0 Å². The molecule has 1 aliphatic rings. The SMILES string of the molecule is NC1C(C(=O)O)OC(n2cnc3c(NCc4cc(Cl)ccc4OCc4ccccc4)ncnc32)C1O. The van der Waals surface area contributed by atoms with Crippen LogP contribution < -0.4 is 15.8 Å². The first-order valence-corrected chi connectivity index (χ1v) is 11.5. The number of aliphatic hydroxyl groups excluding tert-OH is 1. The highest BCUT2D eigenvalue weighted by molar-refractivity contribution is 6.30. The van der Waals surface area contributed by atoms with Crippen molar-refractivity contribution in [1.82, 2.24) is 19.5 Å². The Morgan fingerprint density at radius 1 is 1.19 bits per heavy atom. The van der Waals surface area contributed by atoms with Gasteiger partial charge >= 0.3 is 5.97 Å². The van der Waals surface area contributed by atoms with Crippen molar-refractivity contribution in [2.75, 3.05) is 5.32 Å². The minimum Gasteiger partial charge on any atom is -0.489 e. The van der Waals surface area contributed by atoms with Gasteiger partial charge in [0.15, 0.2) is 29.3 Å². The minimum absolute atomic E-state index is 0.332. The van der Waals surface area contributed by atoms with Crippen molar-refractivity contribution in [3.63, 3.8) is 0 Å². The molecular weight excluding hydrogens is 488 g/mol. The van der Waals surface area contributed by atoms with Crippen LogP contribution in [0.15, 0.2) is 61.2 Å². The molecule has 2 aromatic heterocycles. The average molecular weight is 511 g/mol. The lowest BCUT2D eigenvalue weighted by Gasteiger charge is -2.16. The number of carboxylic acid groups (broad SMARTS) is 1. The van der Waals surface area contributed by atoms with Gasteiger partial charge in [0.1, 0.15) is 24.8 Å². The fourth-order valence-corrected chi connectivity index (χ4v) is 4.25. The summed E-state index contributed by atoms with van der Waals surface area (Å²) in [5, 5.41) is 23.6. The first-order chi connectivity index (χ1) is 17.4. The van der Waals surface area contributed by atoms with Gasteiger partial charge in [-0.05, 0) is 23.8 Å². The Balaban J connectivity index is 1.36. The number of aromatic nitrogens is 4. The van der Waals surface area contributed by atoms with Crippen LogP contribution in [0.1, 0.15) is 17.4 Å². The van der Waals surface area contributed by atoms with E-state index in [0.29, 0.717) is 40.9 Å². The number of benzene rings is 2. The lowest BCUT2D eigenvalue weighted by Crippen LogP contribution is -2.43. The molecule has 0 radical (unpaired) electrons. The summed E-state index contributed by atoms with van der Waals surface area (Å²) in [6.07, 6.45) is -0.920. The van der Waals surface area contributed by atoms with Crippen LogP contribution in [0.4, 0.5) is 5.82 Å². The van der Waals surface area contributed by atoms with Gasteiger partial charge in [-0.25, -0.2) is 19.7 Å². The van der Waals surface area contributed by atoms with Crippen LogP contribution in [-0.4, -0.2) is 54.0 Å². The predicted octanol–water partition coefficient (Wildman–Crippen LogP) is 2.34. The summed E-state index contributed by atoms with van der Waals surface area (Å²) in [7, 11) is 0. The van der Waals surface area contributed by atoms with Crippen molar-refractivity contribution >= 4 is 34.6 Å². The third kappa shape index (κ3) is 4.69. The van der Waals surface area contributed by atoms with Crippen molar-refractivity contribution in [3.05, 3.63) is 77.3 Å². The molecule has 1 fully saturated rings. The molecular formula is C24H23ClN6O5. The molecule has 5 rings (SSSR count). The van der Waals surface area contributed by atoms with Gasteiger partial charge in [0.2, 0.25) is 0 Å². The molecule has 5 N–H and O–H groups in total. The first kappa shape index (κ1) is 23.9. The van der Waals surface area contributed by atoms with Gasteiger partial charge in [-0.15, -0.1) is 0 Å². The molecule has 12 heteroatoms. The van der Waals surface area contributed by atoms with Gasteiger partial charge in [-0.2, -0.15) is 0 Å². The Kier molecular flexibility index (Phi) is 6.70. The van der Waals surface area contributed by atoms with Gasteiger partial charge < -0.3 is 30.7 Å². The van der Waals surface area contributed by atoms with E-state index >= 15 is 0 Å². The number of hydrogen-bond donors (Lipinski definition) is 4. The van der Waals surface area contributed by atoms with E-state index in [1.165, 1.54) is 17.2 Å². The van der Waals surface area contributed by atoms with E-state index in [-0.39, 0.29) is 0 Å². The van der Waals surface area contributed by atoms with Crippen LogP contribution >= 0.6 is 11.6 Å². The Morgan fingerprint density at radius 3 is 2.75 bits per heavy atom. The summed E-state index contributed by atoms with van der Waals surface area (Å²) in [5.41, 5.74) is 8.45. The average Bonchev–Trinajstić information content (AvgIpc) is 3.44. The number of nitrogens with one attached hydrogen (secondary N) is 1. The van der Waals surface area contributed by atoms with E-state index in [2.05, 4.69) is 20.3 Å². The third-order valence-electron chi connectivity index (χ3n) is 5.90. The molecule has 186 valence electrons. The second-order valence-corrected chi connectivity index (χ2v) is 8.72. The van der Waals surface area contributed by atoms with Crippen molar-refractivity contribution < 1.29 is 24.5 Å². The molecule has 11 nitrogen and oxygen atoms in total. The number of anilines is 1. The standard InChI is InChI=1S/C24H23ClN6O5/c25-15-6-7-16(35-10-13-4-2-1-3-5-13)14(8-15)9-27-21-18-22(29-11-28-21)31(12-30-18)23-19(32)17(26)20(36-23)24(33)34/h1-8,11-12,17,19-20,23,32H,9-10,26H2,(H,33,34)(H,27,28,29). The number of halogens is 1. The summed E-state index contributed by atoms with van der Waals surface area (Å²) < 4.78 is 13.0. The predicted molar refractivity (Wildman–Crippen MR) is 130 cm³/mol. The molecule has 36 heavy (non-hydrogen) atoms. The normalized spacial score (nSPS) is 21.5. The number of aliphatic carboxylic acids is 1. The van der Waals surface area contributed by atoms with Crippen LogP contribution in [0.5, 0.6) is 5.75 Å². The number of ether oxygens (including phenoxy) is 2. The van der Waals surface area contributed by atoms with E-state index in [0.717, 1.165) is 11.1 Å². The molecule has 1 saturated heterocycles. The number of carboxylic acids is 1. The van der Waals surface area contributed by atoms with E-state index < -0.39 is 30.4 Å². The molecule has 0 saturated carbocycles. The molecule has 4 atom stereocenters. The quantitative estimate of drug-likeness (QED) is 0.277. The fraction of sp³-hybridized carbons (Fsp3) is 0.250. The number of nitrogens with two attached hydrogens (primary N) is 1. The van der Waals surface area contributed by atoms with Crippen molar-refractivity contribution in [2.24, 2.45) is 5.73 Å². The number of nitrogens with zero attached hydrogens (tertiary/aromatic N) is 4. The number of rotatable bonds is 8. The second-order valence-electron chi connectivity index (χ2n) is 8.28. The Hall–Kier alpha value is -3.77. The van der Waals surface area contributed by atoms with Crippen LogP contribution in [0.2, 0.25) is 5.02 Å². The van der Waals surface area contributed by atoms with Crippen molar-refractivity contribution in [3.8, 4) is 5.75 Å². The summed E-state index contributed by atoms with van der Waals surface area (Å²) in [5.74, 6) is -0.153. The first-order valence-electron chi connectivity index (χ1n) is 11.1. The molecule has 4 aromatic rings. The summed E-state index contributed by atoms with van der Waals surface area (Å²) >= 11 is 6.23. The van der Waals surface area contributed by atoms with E-state index in [9.17, 15) is 15.0 Å². The maximum absolute atomic E-state index is 11.4. The Morgan fingerprint density at radius 2 is 2.00 bits per heavy atom. The molecule has 1 aliphatic heterocycles. The minimum atomic E-state index is -1.35. The highest BCUT2D eigenvalue weighted by atomic mass is 35.5. The summed E-state index contributed by atoms with van der Waals surface area (Å²) in [4.78, 5) is 24.3. The third-order valence-corrected chi connectivity index (χ3v) is 6.14.